The lowest BCUT2D eigenvalue weighted by atomic mass is 10.0. The lowest BCUT2D eigenvalue weighted by molar-refractivity contribution is 0.620. The van der Waals surface area contributed by atoms with Crippen molar-refractivity contribution < 1.29 is 4.39 Å². The lowest BCUT2D eigenvalue weighted by Gasteiger charge is -2.02. The SMILES string of the molecule is CCC1=Cc2c(ccc(C#Cc3ccc(N=C=S)c(Cl)c3)c2F)C1. The molecule has 2 aromatic carbocycles. The Balaban J connectivity index is 1.94. The van der Waals surface area contributed by atoms with Crippen LogP contribution in [-0.2, 0) is 6.42 Å². The van der Waals surface area contributed by atoms with Crippen molar-refractivity contribution in [2.75, 3.05) is 0 Å². The van der Waals surface area contributed by atoms with Crippen LogP contribution in [0.25, 0.3) is 6.08 Å². The van der Waals surface area contributed by atoms with Gasteiger partial charge in [0.05, 0.1) is 21.4 Å². The Kier molecular flexibility index (Phi) is 4.92. The molecule has 0 atom stereocenters. The summed E-state index contributed by atoms with van der Waals surface area (Å²) in [6.45, 7) is 2.08. The minimum absolute atomic E-state index is 0.253. The minimum Gasteiger partial charge on any atom is -0.205 e. The fourth-order valence-electron chi connectivity index (χ4n) is 2.63. The van der Waals surface area contributed by atoms with Crippen molar-refractivity contribution >= 4 is 40.7 Å². The molecule has 0 bridgehead atoms. The topological polar surface area (TPSA) is 12.4 Å². The van der Waals surface area contributed by atoms with Crippen molar-refractivity contribution in [2.24, 2.45) is 4.99 Å². The molecule has 0 spiro atoms. The van der Waals surface area contributed by atoms with Gasteiger partial charge in [0.2, 0.25) is 0 Å². The van der Waals surface area contributed by atoms with E-state index in [2.05, 4.69) is 41.1 Å². The normalized spacial score (nSPS) is 11.9. The Labute approximate surface area is 150 Å². The summed E-state index contributed by atoms with van der Waals surface area (Å²) in [6.07, 6.45) is 3.70. The molecule has 0 saturated carbocycles. The number of fused-ring (bicyclic) bond motifs is 1. The zero-order chi connectivity index (χ0) is 17.1. The predicted octanol–water partition coefficient (Wildman–Crippen LogP) is 5.96. The van der Waals surface area contributed by atoms with Crippen LogP contribution in [0.2, 0.25) is 5.02 Å². The average molecular weight is 354 g/mol. The zero-order valence-corrected chi connectivity index (χ0v) is 14.6. The van der Waals surface area contributed by atoms with E-state index in [-0.39, 0.29) is 5.82 Å². The van der Waals surface area contributed by atoms with Crippen LogP contribution in [0.1, 0.15) is 35.6 Å². The molecule has 0 radical (unpaired) electrons. The molecule has 0 fully saturated rings. The second kappa shape index (κ2) is 7.11. The second-order valence-corrected chi connectivity index (χ2v) is 6.04. The largest absolute Gasteiger partial charge is 0.205 e. The number of nitrogens with zero attached hydrogens (tertiary/aromatic N) is 1. The number of benzene rings is 2. The van der Waals surface area contributed by atoms with Gasteiger partial charge in [0.1, 0.15) is 5.82 Å². The third kappa shape index (κ3) is 3.32. The van der Waals surface area contributed by atoms with E-state index in [0.717, 1.165) is 18.4 Å². The number of isothiocyanates is 1. The van der Waals surface area contributed by atoms with Gasteiger partial charge in [0.25, 0.3) is 0 Å². The predicted molar refractivity (Wildman–Crippen MR) is 100 cm³/mol. The van der Waals surface area contributed by atoms with E-state index in [1.54, 1.807) is 24.3 Å². The Hall–Kier alpha value is -2.24. The summed E-state index contributed by atoms with van der Waals surface area (Å²) in [5, 5.41) is 2.71. The van der Waals surface area contributed by atoms with Crippen molar-refractivity contribution in [2.45, 2.75) is 19.8 Å². The van der Waals surface area contributed by atoms with Gasteiger partial charge >= 0.3 is 0 Å². The smallest absolute Gasteiger partial charge is 0.146 e. The van der Waals surface area contributed by atoms with Crippen LogP contribution >= 0.6 is 23.8 Å². The van der Waals surface area contributed by atoms with E-state index in [9.17, 15) is 4.39 Å². The molecule has 1 nitrogen and oxygen atoms in total. The van der Waals surface area contributed by atoms with Crippen molar-refractivity contribution in [3.05, 3.63) is 69.0 Å². The van der Waals surface area contributed by atoms with Crippen LogP contribution in [0.15, 0.2) is 40.9 Å². The first kappa shape index (κ1) is 16.6. The molecule has 4 heteroatoms. The van der Waals surface area contributed by atoms with Crippen LogP contribution in [0, 0.1) is 17.7 Å². The number of allylic oxidation sites excluding steroid dienone is 1. The number of aliphatic imine (C=N–C) groups is 1. The highest BCUT2D eigenvalue weighted by Crippen LogP contribution is 2.30. The first-order valence-corrected chi connectivity index (χ1v) is 8.31. The third-order valence-electron chi connectivity index (χ3n) is 3.95. The van der Waals surface area contributed by atoms with Crippen molar-refractivity contribution in [1.29, 1.82) is 0 Å². The number of thiocarbonyl (C=S) groups is 1. The van der Waals surface area contributed by atoms with Crippen LogP contribution < -0.4 is 0 Å². The Morgan fingerprint density at radius 1 is 1.25 bits per heavy atom. The fraction of sp³-hybridized carbons (Fsp3) is 0.150. The molecule has 24 heavy (non-hydrogen) atoms. The third-order valence-corrected chi connectivity index (χ3v) is 4.34. The molecule has 0 N–H and O–H groups in total. The zero-order valence-electron chi connectivity index (χ0n) is 13.0. The molecule has 2 aromatic rings. The van der Waals surface area contributed by atoms with Crippen molar-refractivity contribution in [3.8, 4) is 11.8 Å². The molecular formula is C20H13ClFNS. The summed E-state index contributed by atoms with van der Waals surface area (Å²) in [5.41, 5.74) is 4.56. The Morgan fingerprint density at radius 3 is 2.79 bits per heavy atom. The summed E-state index contributed by atoms with van der Waals surface area (Å²) < 4.78 is 14.6. The van der Waals surface area contributed by atoms with Gasteiger partial charge in [-0.1, -0.05) is 48.1 Å². The molecule has 0 aliphatic heterocycles. The summed E-state index contributed by atoms with van der Waals surface area (Å²) >= 11 is 10.7. The average Bonchev–Trinajstić information content (AvgIpc) is 3.01. The van der Waals surface area contributed by atoms with E-state index in [1.165, 1.54) is 5.57 Å². The van der Waals surface area contributed by atoms with Crippen LogP contribution in [0.5, 0.6) is 0 Å². The maximum Gasteiger partial charge on any atom is 0.146 e. The van der Waals surface area contributed by atoms with E-state index in [0.29, 0.717) is 27.4 Å². The molecule has 0 saturated heterocycles. The second-order valence-electron chi connectivity index (χ2n) is 5.45. The van der Waals surface area contributed by atoms with Gasteiger partial charge in [0, 0.05) is 11.1 Å². The number of halogens is 2. The van der Waals surface area contributed by atoms with Crippen LogP contribution in [0.3, 0.4) is 0 Å². The fourth-order valence-corrected chi connectivity index (χ4v) is 2.95. The van der Waals surface area contributed by atoms with Gasteiger partial charge < -0.3 is 0 Å². The van der Waals surface area contributed by atoms with Crippen LogP contribution in [0.4, 0.5) is 10.1 Å². The lowest BCUT2D eigenvalue weighted by Crippen LogP contribution is -1.92. The molecule has 118 valence electrons. The summed E-state index contributed by atoms with van der Waals surface area (Å²) in [5.74, 6) is 5.58. The Morgan fingerprint density at radius 2 is 2.08 bits per heavy atom. The van der Waals surface area contributed by atoms with Crippen molar-refractivity contribution in [1.82, 2.24) is 0 Å². The summed E-state index contributed by atoms with van der Waals surface area (Å²) in [4.78, 5) is 3.85. The van der Waals surface area contributed by atoms with Gasteiger partial charge in [-0.05, 0) is 54.9 Å². The maximum absolute atomic E-state index is 14.6. The van der Waals surface area contributed by atoms with Gasteiger partial charge in [-0.3, -0.25) is 0 Å². The molecule has 0 amide bonds. The molecule has 0 aromatic heterocycles. The summed E-state index contributed by atoms with van der Waals surface area (Å²) in [7, 11) is 0. The number of hydrogen-bond donors (Lipinski definition) is 0. The summed E-state index contributed by atoms with van der Waals surface area (Å²) in [6, 6.07) is 8.85. The van der Waals surface area contributed by atoms with Crippen molar-refractivity contribution in [3.63, 3.8) is 0 Å². The number of rotatable bonds is 2. The minimum atomic E-state index is -0.253. The highest BCUT2D eigenvalue weighted by Gasteiger charge is 2.17. The van der Waals surface area contributed by atoms with Gasteiger partial charge in [-0.15, -0.1) is 0 Å². The number of hydrogen-bond acceptors (Lipinski definition) is 2. The molecule has 0 unspecified atom stereocenters. The monoisotopic (exact) mass is 353 g/mol. The highest BCUT2D eigenvalue weighted by atomic mass is 35.5. The highest BCUT2D eigenvalue weighted by molar-refractivity contribution is 7.78. The molecule has 3 rings (SSSR count). The maximum atomic E-state index is 14.6. The van der Waals surface area contributed by atoms with Gasteiger partial charge in [0.15, 0.2) is 0 Å². The van der Waals surface area contributed by atoms with E-state index < -0.39 is 0 Å². The standard InChI is InChI=1S/C20H13ClFNS/c1-2-13-9-16-7-6-15(20(22)17(16)10-13)5-3-14-4-8-19(23-12-24)18(21)11-14/h4,6-8,10-11H,2,9H2,1H3. The first-order chi connectivity index (χ1) is 11.6. The molecule has 0 heterocycles. The van der Waals surface area contributed by atoms with Gasteiger partial charge in [-0.2, -0.15) is 4.99 Å². The van der Waals surface area contributed by atoms with Gasteiger partial charge in [-0.25, -0.2) is 4.39 Å². The van der Waals surface area contributed by atoms with E-state index in [4.69, 9.17) is 11.6 Å². The van der Waals surface area contributed by atoms with Crippen LogP contribution in [-0.4, -0.2) is 5.16 Å². The van der Waals surface area contributed by atoms with E-state index in [1.807, 2.05) is 12.1 Å². The molecule has 1 aliphatic carbocycles. The van der Waals surface area contributed by atoms with E-state index >= 15 is 0 Å². The quantitative estimate of drug-likeness (QED) is 0.368. The Bertz CT molecular complexity index is 960. The molecule has 1 aliphatic rings. The first-order valence-electron chi connectivity index (χ1n) is 7.52. The molecular weight excluding hydrogens is 341 g/mol.